The molecule has 0 saturated heterocycles. The highest BCUT2D eigenvalue weighted by molar-refractivity contribution is 9.10. The van der Waals surface area contributed by atoms with E-state index in [1.54, 1.807) is 0 Å². The Balaban J connectivity index is 1.69. The maximum absolute atomic E-state index is 12.2. The molecule has 4 nitrogen and oxygen atoms in total. The van der Waals surface area contributed by atoms with Crippen molar-refractivity contribution >= 4 is 27.7 Å². The molecule has 1 aromatic carbocycles. The van der Waals surface area contributed by atoms with Crippen molar-refractivity contribution in [2.75, 3.05) is 5.32 Å². The number of aryl methyl sites for hydroxylation is 1. The molecule has 116 valence electrons. The van der Waals surface area contributed by atoms with Gasteiger partial charge in [0.1, 0.15) is 0 Å². The fraction of sp³-hybridized carbons (Fsp3) is 0.412. The lowest BCUT2D eigenvalue weighted by Gasteiger charge is -2.08. The van der Waals surface area contributed by atoms with Crippen LogP contribution in [0.5, 0.6) is 0 Å². The van der Waals surface area contributed by atoms with Crippen molar-refractivity contribution in [3.05, 3.63) is 46.1 Å². The second kappa shape index (κ2) is 6.65. The molecule has 3 rings (SSSR count). The molecule has 0 bridgehead atoms. The minimum absolute atomic E-state index is 0.0963. The summed E-state index contributed by atoms with van der Waals surface area (Å²) in [7, 11) is 0. The van der Waals surface area contributed by atoms with E-state index in [0.29, 0.717) is 12.4 Å². The first-order valence-electron chi connectivity index (χ1n) is 7.71. The number of hydrogen-bond acceptors (Lipinski definition) is 2. The number of hydrogen-bond donors (Lipinski definition) is 1. The zero-order chi connectivity index (χ0) is 15.5. The summed E-state index contributed by atoms with van der Waals surface area (Å²) in [5, 5.41) is 7.44. The summed E-state index contributed by atoms with van der Waals surface area (Å²) in [5.74, 6) is 0.859. The van der Waals surface area contributed by atoms with Gasteiger partial charge in [-0.2, -0.15) is 5.10 Å². The van der Waals surface area contributed by atoms with Crippen LogP contribution in [0.3, 0.4) is 0 Å². The highest BCUT2D eigenvalue weighted by Gasteiger charge is 2.23. The minimum atomic E-state index is 0.0963. The van der Waals surface area contributed by atoms with E-state index in [0.717, 1.165) is 30.2 Å². The maximum atomic E-state index is 12.2. The zero-order valence-electron chi connectivity index (χ0n) is 12.7. The van der Waals surface area contributed by atoms with E-state index in [1.165, 1.54) is 11.1 Å². The van der Waals surface area contributed by atoms with E-state index in [1.807, 2.05) is 16.9 Å². The van der Waals surface area contributed by atoms with Crippen molar-refractivity contribution < 1.29 is 4.79 Å². The van der Waals surface area contributed by atoms with Gasteiger partial charge < -0.3 is 5.32 Å². The number of anilines is 1. The number of carbonyl (C=O) groups excluding carboxylic acids is 1. The molecule has 0 atom stereocenters. The number of nitrogens with zero attached hydrogens (tertiary/aromatic N) is 2. The van der Waals surface area contributed by atoms with Crippen LogP contribution in [0.1, 0.15) is 36.8 Å². The topological polar surface area (TPSA) is 46.9 Å². The standard InChI is InChI=1S/C17H20BrN3O/c1-12-5-4-6-13(9-12)10-21-11-15(18)16(20-21)19-17(22)14-7-2-3-8-14/h4-6,9,11,14H,2-3,7-8,10H2,1H3,(H,19,20,22). The van der Waals surface area contributed by atoms with E-state index in [9.17, 15) is 4.79 Å². The van der Waals surface area contributed by atoms with Gasteiger partial charge in [0.05, 0.1) is 11.0 Å². The molecule has 1 aromatic heterocycles. The smallest absolute Gasteiger partial charge is 0.228 e. The minimum Gasteiger partial charge on any atom is -0.308 e. The summed E-state index contributed by atoms with van der Waals surface area (Å²) in [5.41, 5.74) is 2.43. The van der Waals surface area contributed by atoms with Gasteiger partial charge in [0.2, 0.25) is 5.91 Å². The molecule has 1 heterocycles. The Morgan fingerprint density at radius 1 is 1.41 bits per heavy atom. The third-order valence-corrected chi connectivity index (χ3v) is 4.69. The van der Waals surface area contributed by atoms with Crippen LogP contribution in [-0.4, -0.2) is 15.7 Å². The molecule has 1 saturated carbocycles. The Bertz CT molecular complexity index is 674. The van der Waals surface area contributed by atoms with Gasteiger partial charge in [0, 0.05) is 12.1 Å². The van der Waals surface area contributed by atoms with Gasteiger partial charge in [0.15, 0.2) is 5.82 Å². The normalized spacial score (nSPS) is 15.2. The first kappa shape index (κ1) is 15.3. The number of amides is 1. The molecule has 1 aliphatic rings. The summed E-state index contributed by atoms with van der Waals surface area (Å²) in [6, 6.07) is 8.35. The predicted octanol–water partition coefficient (Wildman–Crippen LogP) is 4.13. The summed E-state index contributed by atoms with van der Waals surface area (Å²) in [4.78, 5) is 12.2. The fourth-order valence-electron chi connectivity index (χ4n) is 2.97. The molecule has 1 N–H and O–H groups in total. The summed E-state index contributed by atoms with van der Waals surface area (Å²) < 4.78 is 2.68. The molecule has 0 aliphatic heterocycles. The van der Waals surface area contributed by atoms with Gasteiger partial charge in [-0.3, -0.25) is 9.48 Å². The molecular weight excluding hydrogens is 342 g/mol. The predicted molar refractivity (Wildman–Crippen MR) is 90.8 cm³/mol. The van der Waals surface area contributed by atoms with Crippen molar-refractivity contribution in [1.82, 2.24) is 9.78 Å². The molecule has 22 heavy (non-hydrogen) atoms. The van der Waals surface area contributed by atoms with Gasteiger partial charge >= 0.3 is 0 Å². The second-order valence-corrected chi connectivity index (χ2v) is 6.84. The Hall–Kier alpha value is -1.62. The van der Waals surface area contributed by atoms with Crippen LogP contribution in [0, 0.1) is 12.8 Å². The molecule has 0 spiro atoms. The highest BCUT2D eigenvalue weighted by atomic mass is 79.9. The van der Waals surface area contributed by atoms with Gasteiger partial charge in [0.25, 0.3) is 0 Å². The van der Waals surface area contributed by atoms with E-state index in [2.05, 4.69) is 51.5 Å². The summed E-state index contributed by atoms with van der Waals surface area (Å²) in [6.07, 6.45) is 6.20. The van der Waals surface area contributed by atoms with Crippen LogP contribution in [0.2, 0.25) is 0 Å². The van der Waals surface area contributed by atoms with Crippen molar-refractivity contribution in [3.8, 4) is 0 Å². The van der Waals surface area contributed by atoms with Crippen LogP contribution in [0.15, 0.2) is 34.9 Å². The monoisotopic (exact) mass is 361 g/mol. The second-order valence-electron chi connectivity index (χ2n) is 5.98. The van der Waals surface area contributed by atoms with Crippen molar-refractivity contribution in [2.45, 2.75) is 39.2 Å². The molecule has 5 heteroatoms. The number of carbonyl (C=O) groups is 1. The lowest BCUT2D eigenvalue weighted by Crippen LogP contribution is -2.20. The van der Waals surface area contributed by atoms with Gasteiger partial charge in [-0.1, -0.05) is 42.7 Å². The van der Waals surface area contributed by atoms with Crippen molar-refractivity contribution in [2.24, 2.45) is 5.92 Å². The number of rotatable bonds is 4. The van der Waals surface area contributed by atoms with Gasteiger partial charge in [-0.25, -0.2) is 0 Å². The number of halogens is 1. The first-order chi connectivity index (χ1) is 10.6. The Labute approximate surface area is 139 Å². The van der Waals surface area contributed by atoms with E-state index in [4.69, 9.17) is 0 Å². The molecular formula is C17H20BrN3O. The molecule has 0 unspecified atom stereocenters. The molecule has 1 fully saturated rings. The molecule has 1 aliphatic carbocycles. The largest absolute Gasteiger partial charge is 0.308 e. The number of aromatic nitrogens is 2. The van der Waals surface area contributed by atoms with Gasteiger partial charge in [-0.05, 0) is 41.3 Å². The Kier molecular flexibility index (Phi) is 4.62. The van der Waals surface area contributed by atoms with E-state index in [-0.39, 0.29) is 11.8 Å². The average molecular weight is 362 g/mol. The van der Waals surface area contributed by atoms with Crippen LogP contribution in [-0.2, 0) is 11.3 Å². The average Bonchev–Trinajstić information content (AvgIpc) is 3.10. The molecule has 1 amide bonds. The number of nitrogens with one attached hydrogen (secondary N) is 1. The molecule has 2 aromatic rings. The maximum Gasteiger partial charge on any atom is 0.228 e. The number of benzene rings is 1. The highest BCUT2D eigenvalue weighted by Crippen LogP contribution is 2.27. The SMILES string of the molecule is Cc1cccc(Cn2cc(Br)c(NC(=O)C3CCCC3)n2)c1. The lowest BCUT2D eigenvalue weighted by molar-refractivity contribution is -0.119. The summed E-state index contributed by atoms with van der Waals surface area (Å²) in [6.45, 7) is 2.77. The lowest BCUT2D eigenvalue weighted by atomic mass is 10.1. The first-order valence-corrected chi connectivity index (χ1v) is 8.50. The quantitative estimate of drug-likeness (QED) is 0.889. The van der Waals surface area contributed by atoms with Crippen LogP contribution in [0.4, 0.5) is 5.82 Å². The van der Waals surface area contributed by atoms with Crippen LogP contribution < -0.4 is 5.32 Å². The van der Waals surface area contributed by atoms with E-state index < -0.39 is 0 Å². The summed E-state index contributed by atoms with van der Waals surface area (Å²) >= 11 is 3.48. The third-order valence-electron chi connectivity index (χ3n) is 4.11. The van der Waals surface area contributed by atoms with E-state index >= 15 is 0 Å². The van der Waals surface area contributed by atoms with Crippen LogP contribution >= 0.6 is 15.9 Å². The van der Waals surface area contributed by atoms with Crippen LogP contribution in [0.25, 0.3) is 0 Å². The van der Waals surface area contributed by atoms with Crippen molar-refractivity contribution in [3.63, 3.8) is 0 Å². The molecule has 0 radical (unpaired) electrons. The fourth-order valence-corrected chi connectivity index (χ4v) is 3.38. The zero-order valence-corrected chi connectivity index (χ0v) is 14.3. The third kappa shape index (κ3) is 3.58. The van der Waals surface area contributed by atoms with Crippen molar-refractivity contribution in [1.29, 1.82) is 0 Å². The van der Waals surface area contributed by atoms with Gasteiger partial charge in [-0.15, -0.1) is 0 Å². The Morgan fingerprint density at radius 3 is 2.91 bits per heavy atom. The Morgan fingerprint density at radius 2 is 2.18 bits per heavy atom.